The minimum absolute atomic E-state index is 0.0253. The van der Waals surface area contributed by atoms with Crippen molar-refractivity contribution >= 4 is 28.6 Å². The third-order valence-corrected chi connectivity index (χ3v) is 4.77. The Bertz CT molecular complexity index is 670. The van der Waals surface area contributed by atoms with E-state index in [1.807, 2.05) is 28.5 Å². The number of para-hydroxylation sites is 2. The predicted octanol–water partition coefficient (Wildman–Crippen LogP) is 2.13. The van der Waals surface area contributed by atoms with Gasteiger partial charge in [-0.15, -0.1) is 11.3 Å². The molecule has 2 aromatic rings. The summed E-state index contributed by atoms with van der Waals surface area (Å²) in [5, 5.41) is 2.76. The van der Waals surface area contributed by atoms with E-state index in [4.69, 9.17) is 5.73 Å². The molecule has 0 aliphatic carbocycles. The number of carbonyl (C=O) groups excluding carboxylic acids is 1. The Hall–Kier alpha value is -1.92. The number of anilines is 2. The van der Waals surface area contributed by atoms with Gasteiger partial charge in [-0.3, -0.25) is 4.79 Å². The smallest absolute Gasteiger partial charge is 0.277 e. The zero-order valence-corrected chi connectivity index (χ0v) is 13.5. The van der Waals surface area contributed by atoms with Gasteiger partial charge in [0.25, 0.3) is 5.91 Å². The number of hydrogen-bond acceptors (Lipinski definition) is 5. The van der Waals surface area contributed by atoms with Crippen LogP contribution in [0, 0.1) is 0 Å². The van der Waals surface area contributed by atoms with Crippen LogP contribution in [0.4, 0.5) is 11.4 Å². The van der Waals surface area contributed by atoms with Gasteiger partial charge in [0, 0.05) is 31.4 Å². The van der Waals surface area contributed by atoms with E-state index >= 15 is 0 Å². The summed E-state index contributed by atoms with van der Waals surface area (Å²) in [7, 11) is 0. The van der Waals surface area contributed by atoms with Gasteiger partial charge in [0.15, 0.2) is 0 Å². The molecule has 6 heteroatoms. The average Bonchev–Trinajstić information content (AvgIpc) is 3.02. The first-order chi connectivity index (χ1) is 10.7. The molecule has 5 nitrogen and oxygen atoms in total. The maximum atomic E-state index is 12.8. The first kappa shape index (κ1) is 15.0. The molecule has 0 atom stereocenters. The summed E-state index contributed by atoms with van der Waals surface area (Å²) >= 11 is 1.50. The van der Waals surface area contributed by atoms with E-state index in [0.29, 0.717) is 18.8 Å². The molecule has 0 saturated carbocycles. The number of nitrogens with zero attached hydrogens (tertiary/aromatic N) is 3. The number of rotatable bonds is 4. The highest BCUT2D eigenvalue weighted by molar-refractivity contribution is 7.09. The van der Waals surface area contributed by atoms with Crippen molar-refractivity contribution in [2.45, 2.75) is 13.3 Å². The summed E-state index contributed by atoms with van der Waals surface area (Å²) < 4.78 is 0. The molecule has 1 aromatic heterocycles. The van der Waals surface area contributed by atoms with Gasteiger partial charge in [0.05, 0.1) is 16.4 Å². The number of nitrogens with two attached hydrogens (primary N) is 1. The number of hydrogen-bond donors (Lipinski definition) is 1. The van der Waals surface area contributed by atoms with Crippen molar-refractivity contribution in [3.05, 3.63) is 40.3 Å². The van der Waals surface area contributed by atoms with Crippen molar-refractivity contribution in [3.63, 3.8) is 0 Å². The molecule has 0 fully saturated rings. The highest BCUT2D eigenvalue weighted by atomic mass is 32.1. The van der Waals surface area contributed by atoms with Crippen molar-refractivity contribution < 1.29 is 4.79 Å². The summed E-state index contributed by atoms with van der Waals surface area (Å²) in [4.78, 5) is 21.3. The van der Waals surface area contributed by atoms with Crippen LogP contribution in [0.5, 0.6) is 0 Å². The van der Waals surface area contributed by atoms with Gasteiger partial charge in [-0.1, -0.05) is 12.1 Å². The van der Waals surface area contributed by atoms with Gasteiger partial charge in [0.2, 0.25) is 0 Å². The molecule has 1 aromatic carbocycles. The highest BCUT2D eigenvalue weighted by Gasteiger charge is 2.27. The molecule has 22 heavy (non-hydrogen) atoms. The normalized spacial score (nSPS) is 14.1. The Morgan fingerprint density at radius 1 is 1.32 bits per heavy atom. The van der Waals surface area contributed by atoms with Gasteiger partial charge in [0.1, 0.15) is 5.69 Å². The minimum atomic E-state index is -0.0253. The molecule has 1 aliphatic heterocycles. The third kappa shape index (κ3) is 2.71. The fourth-order valence-electron chi connectivity index (χ4n) is 2.75. The molecule has 0 spiro atoms. The lowest BCUT2D eigenvalue weighted by Crippen LogP contribution is -2.44. The maximum Gasteiger partial charge on any atom is 0.277 e. The van der Waals surface area contributed by atoms with E-state index in [2.05, 4.69) is 22.9 Å². The van der Waals surface area contributed by atoms with Gasteiger partial charge in [-0.25, -0.2) is 4.98 Å². The van der Waals surface area contributed by atoms with Crippen molar-refractivity contribution in [1.29, 1.82) is 0 Å². The molecule has 0 saturated heterocycles. The molecule has 0 bridgehead atoms. The van der Waals surface area contributed by atoms with E-state index in [9.17, 15) is 4.79 Å². The number of benzene rings is 1. The van der Waals surface area contributed by atoms with E-state index in [0.717, 1.165) is 35.9 Å². The van der Waals surface area contributed by atoms with Crippen molar-refractivity contribution in [1.82, 2.24) is 4.98 Å². The number of amides is 1. The zero-order chi connectivity index (χ0) is 15.5. The molecule has 2 heterocycles. The average molecular weight is 316 g/mol. The van der Waals surface area contributed by atoms with Crippen LogP contribution in [0.15, 0.2) is 29.6 Å². The van der Waals surface area contributed by atoms with Gasteiger partial charge in [-0.05, 0) is 25.6 Å². The van der Waals surface area contributed by atoms with Gasteiger partial charge in [-0.2, -0.15) is 0 Å². The van der Waals surface area contributed by atoms with E-state index in [1.165, 1.54) is 11.3 Å². The second kappa shape index (κ2) is 6.46. The van der Waals surface area contributed by atoms with Crippen molar-refractivity contribution in [3.8, 4) is 0 Å². The molecule has 2 N–H and O–H groups in total. The summed E-state index contributed by atoms with van der Waals surface area (Å²) in [6, 6.07) is 8.05. The highest BCUT2D eigenvalue weighted by Crippen LogP contribution is 2.33. The van der Waals surface area contributed by atoms with E-state index in [-0.39, 0.29) is 5.91 Å². The fourth-order valence-corrected chi connectivity index (χ4v) is 3.53. The molecule has 1 aliphatic rings. The number of aromatic nitrogens is 1. The Morgan fingerprint density at radius 2 is 2.09 bits per heavy atom. The molecule has 3 rings (SSSR count). The lowest BCUT2D eigenvalue weighted by Gasteiger charge is -2.36. The molecule has 0 unspecified atom stereocenters. The quantitative estimate of drug-likeness (QED) is 0.938. The maximum absolute atomic E-state index is 12.8. The second-order valence-electron chi connectivity index (χ2n) is 5.19. The van der Waals surface area contributed by atoms with Crippen LogP contribution < -0.4 is 15.5 Å². The largest absolute Gasteiger partial charge is 0.368 e. The SMILES string of the molecule is CCN1CCN(C(=O)c2csc(CCN)n2)c2ccccc21. The van der Waals surface area contributed by atoms with Gasteiger partial charge >= 0.3 is 0 Å². The number of fused-ring (bicyclic) bond motifs is 1. The fraction of sp³-hybridized carbons (Fsp3) is 0.375. The number of likely N-dealkylation sites (N-methyl/N-ethyl adjacent to an activating group) is 1. The molecular formula is C16H20N4OS. The lowest BCUT2D eigenvalue weighted by atomic mass is 10.1. The molecule has 1 amide bonds. The van der Waals surface area contributed by atoms with Crippen LogP contribution >= 0.6 is 11.3 Å². The first-order valence-corrected chi connectivity index (χ1v) is 8.43. The standard InChI is InChI=1S/C16H20N4OS/c1-2-19-9-10-20(14-6-4-3-5-13(14)19)16(21)12-11-22-15(18-12)7-8-17/h3-6,11H,2,7-10,17H2,1H3. The van der Waals surface area contributed by atoms with Gasteiger partial charge < -0.3 is 15.5 Å². The van der Waals surface area contributed by atoms with Crippen LogP contribution in [0.1, 0.15) is 22.4 Å². The lowest BCUT2D eigenvalue weighted by molar-refractivity contribution is 0.0982. The zero-order valence-electron chi connectivity index (χ0n) is 12.7. The van der Waals surface area contributed by atoms with Crippen LogP contribution in [-0.2, 0) is 6.42 Å². The van der Waals surface area contributed by atoms with Crippen LogP contribution in [-0.4, -0.2) is 37.1 Å². The van der Waals surface area contributed by atoms with Crippen LogP contribution in [0.2, 0.25) is 0 Å². The molecule has 0 radical (unpaired) electrons. The Morgan fingerprint density at radius 3 is 2.82 bits per heavy atom. The van der Waals surface area contributed by atoms with Crippen molar-refractivity contribution in [2.75, 3.05) is 36.0 Å². The second-order valence-corrected chi connectivity index (χ2v) is 6.13. The minimum Gasteiger partial charge on any atom is -0.368 e. The van der Waals surface area contributed by atoms with Crippen LogP contribution in [0.3, 0.4) is 0 Å². The predicted molar refractivity (Wildman–Crippen MR) is 90.9 cm³/mol. The summed E-state index contributed by atoms with van der Waals surface area (Å²) in [6.45, 7) is 5.16. The number of thiazole rings is 1. The molecule has 116 valence electrons. The van der Waals surface area contributed by atoms with Crippen molar-refractivity contribution in [2.24, 2.45) is 5.73 Å². The van der Waals surface area contributed by atoms with E-state index in [1.54, 1.807) is 0 Å². The Labute approximate surface area is 134 Å². The van der Waals surface area contributed by atoms with E-state index < -0.39 is 0 Å². The Balaban J connectivity index is 1.89. The Kier molecular flexibility index (Phi) is 4.40. The monoisotopic (exact) mass is 316 g/mol. The molecular weight excluding hydrogens is 296 g/mol. The third-order valence-electron chi connectivity index (χ3n) is 3.86. The summed E-state index contributed by atoms with van der Waals surface area (Å²) in [5.41, 5.74) is 8.15. The van der Waals surface area contributed by atoms with Crippen LogP contribution in [0.25, 0.3) is 0 Å². The topological polar surface area (TPSA) is 62.5 Å². The summed E-state index contributed by atoms with van der Waals surface area (Å²) in [5.74, 6) is -0.0253. The summed E-state index contributed by atoms with van der Waals surface area (Å²) in [6.07, 6.45) is 0.720. The number of carbonyl (C=O) groups is 1. The first-order valence-electron chi connectivity index (χ1n) is 7.55.